The van der Waals surface area contributed by atoms with E-state index in [0.29, 0.717) is 0 Å². The highest BCUT2D eigenvalue weighted by atomic mass is 35.5. The molecule has 1 aromatic carbocycles. The first-order chi connectivity index (χ1) is 8.61. The van der Waals surface area contributed by atoms with Crippen LogP contribution in [-0.4, -0.2) is 16.5 Å². The number of nitrogens with zero attached hydrogens (tertiary/aromatic N) is 1. The van der Waals surface area contributed by atoms with Gasteiger partial charge in [-0.2, -0.15) is 0 Å². The highest BCUT2D eigenvalue weighted by molar-refractivity contribution is 5.96. The molecule has 0 unspecified atom stereocenters. The predicted molar refractivity (Wildman–Crippen MR) is 81.8 cm³/mol. The molecule has 0 aliphatic rings. The number of carbonyl (C=O) groups excluding carboxylic acids is 1. The molecule has 2 rings (SSSR count). The fourth-order valence-electron chi connectivity index (χ4n) is 1.95. The Morgan fingerprint density at radius 2 is 2.16 bits per heavy atom. The van der Waals surface area contributed by atoms with Gasteiger partial charge in [-0.05, 0) is 36.9 Å². The molecule has 4 nitrogen and oxygen atoms in total. The molecule has 0 radical (unpaired) electrons. The van der Waals surface area contributed by atoms with E-state index < -0.39 is 6.04 Å². The van der Waals surface area contributed by atoms with Crippen molar-refractivity contribution in [3.63, 3.8) is 0 Å². The van der Waals surface area contributed by atoms with E-state index in [2.05, 4.69) is 29.1 Å². The molecular formula is C14H20ClN3O. The molecule has 0 aliphatic carbocycles. The third kappa shape index (κ3) is 3.49. The van der Waals surface area contributed by atoms with Crippen molar-refractivity contribution >= 4 is 34.9 Å². The summed E-state index contributed by atoms with van der Waals surface area (Å²) in [5.74, 6) is -0.164. The summed E-state index contributed by atoms with van der Waals surface area (Å²) in [6, 6.07) is 7.49. The van der Waals surface area contributed by atoms with Crippen LogP contribution in [0.4, 0.5) is 5.69 Å². The first kappa shape index (κ1) is 15.5. The van der Waals surface area contributed by atoms with Crippen molar-refractivity contribution in [3.8, 4) is 0 Å². The molecule has 1 heterocycles. The average molecular weight is 282 g/mol. The van der Waals surface area contributed by atoms with Crippen molar-refractivity contribution in [2.75, 3.05) is 5.32 Å². The fourth-order valence-corrected chi connectivity index (χ4v) is 1.95. The van der Waals surface area contributed by atoms with Crippen LogP contribution in [-0.2, 0) is 11.3 Å². The first-order valence-corrected chi connectivity index (χ1v) is 6.27. The van der Waals surface area contributed by atoms with Gasteiger partial charge in [0.15, 0.2) is 0 Å². The Balaban J connectivity index is 0.00000180. The van der Waals surface area contributed by atoms with E-state index >= 15 is 0 Å². The van der Waals surface area contributed by atoms with Crippen LogP contribution in [0.5, 0.6) is 0 Å². The van der Waals surface area contributed by atoms with E-state index in [1.165, 1.54) is 5.39 Å². The number of fused-ring (bicyclic) bond motifs is 1. The Labute approximate surface area is 119 Å². The fraction of sp³-hybridized carbons (Fsp3) is 0.357. The van der Waals surface area contributed by atoms with Gasteiger partial charge in [-0.25, -0.2) is 0 Å². The highest BCUT2D eigenvalue weighted by Gasteiger charge is 2.08. The average Bonchev–Trinajstić information content (AvgIpc) is 2.72. The molecule has 0 aliphatic heterocycles. The summed E-state index contributed by atoms with van der Waals surface area (Å²) in [4.78, 5) is 11.6. The molecule has 1 amide bonds. The maximum atomic E-state index is 11.6. The number of carbonyl (C=O) groups is 1. The lowest BCUT2D eigenvalue weighted by Gasteiger charge is -2.09. The number of hydrogen-bond donors (Lipinski definition) is 2. The molecule has 19 heavy (non-hydrogen) atoms. The Morgan fingerprint density at radius 1 is 1.42 bits per heavy atom. The quantitative estimate of drug-likeness (QED) is 0.905. The summed E-state index contributed by atoms with van der Waals surface area (Å²) < 4.78 is 2.19. The van der Waals surface area contributed by atoms with Gasteiger partial charge < -0.3 is 15.6 Å². The zero-order valence-corrected chi connectivity index (χ0v) is 12.0. The van der Waals surface area contributed by atoms with Gasteiger partial charge in [0.25, 0.3) is 0 Å². The van der Waals surface area contributed by atoms with Gasteiger partial charge in [0, 0.05) is 18.4 Å². The second kappa shape index (κ2) is 6.59. The summed E-state index contributed by atoms with van der Waals surface area (Å²) in [5.41, 5.74) is 7.47. The minimum atomic E-state index is -0.497. The van der Waals surface area contributed by atoms with Crippen LogP contribution >= 0.6 is 12.4 Å². The maximum absolute atomic E-state index is 11.6. The highest BCUT2D eigenvalue weighted by Crippen LogP contribution is 2.21. The number of amides is 1. The Hall–Kier alpha value is -1.52. The normalized spacial score (nSPS) is 11.9. The lowest BCUT2D eigenvalue weighted by atomic mass is 10.2. The lowest BCUT2D eigenvalue weighted by Crippen LogP contribution is -2.32. The molecule has 104 valence electrons. The zero-order chi connectivity index (χ0) is 13.1. The van der Waals surface area contributed by atoms with Crippen molar-refractivity contribution < 1.29 is 4.79 Å². The topological polar surface area (TPSA) is 60.0 Å². The number of nitrogens with one attached hydrogen (secondary N) is 1. The molecule has 0 saturated carbocycles. The zero-order valence-electron chi connectivity index (χ0n) is 11.2. The second-order valence-corrected chi connectivity index (χ2v) is 4.56. The third-order valence-electron chi connectivity index (χ3n) is 2.92. The molecule has 2 aromatic rings. The molecule has 0 bridgehead atoms. The maximum Gasteiger partial charge on any atom is 0.240 e. The van der Waals surface area contributed by atoms with E-state index in [9.17, 15) is 4.79 Å². The van der Waals surface area contributed by atoms with Crippen molar-refractivity contribution in [2.45, 2.75) is 32.9 Å². The van der Waals surface area contributed by atoms with Gasteiger partial charge in [-0.1, -0.05) is 13.0 Å². The van der Waals surface area contributed by atoms with Crippen LogP contribution in [0.15, 0.2) is 30.5 Å². The van der Waals surface area contributed by atoms with E-state index in [1.807, 2.05) is 18.2 Å². The van der Waals surface area contributed by atoms with Gasteiger partial charge in [0.1, 0.15) is 0 Å². The van der Waals surface area contributed by atoms with Crippen LogP contribution in [0.2, 0.25) is 0 Å². The number of hydrogen-bond acceptors (Lipinski definition) is 2. The van der Waals surface area contributed by atoms with Gasteiger partial charge in [-0.3, -0.25) is 4.79 Å². The molecule has 0 fully saturated rings. The Bertz CT molecular complexity index is 563. The van der Waals surface area contributed by atoms with E-state index in [0.717, 1.165) is 24.2 Å². The smallest absolute Gasteiger partial charge is 0.240 e. The molecular weight excluding hydrogens is 262 g/mol. The largest absolute Gasteiger partial charge is 0.347 e. The van der Waals surface area contributed by atoms with Gasteiger partial charge >= 0.3 is 0 Å². The molecule has 1 aromatic heterocycles. The number of halogens is 1. The third-order valence-corrected chi connectivity index (χ3v) is 2.92. The number of benzene rings is 1. The van der Waals surface area contributed by atoms with Crippen molar-refractivity contribution in [3.05, 3.63) is 30.5 Å². The minimum Gasteiger partial charge on any atom is -0.347 e. The van der Waals surface area contributed by atoms with Crippen molar-refractivity contribution in [2.24, 2.45) is 5.73 Å². The van der Waals surface area contributed by atoms with Crippen molar-refractivity contribution in [1.29, 1.82) is 0 Å². The molecule has 5 heteroatoms. The minimum absolute atomic E-state index is 0. The predicted octanol–water partition coefficient (Wildman–Crippen LogP) is 2.76. The SMILES string of the molecule is CCCn1ccc2ccc(NC(=O)[C@H](C)N)cc21.Cl. The van der Waals surface area contributed by atoms with E-state index in [-0.39, 0.29) is 18.3 Å². The van der Waals surface area contributed by atoms with Gasteiger partial charge in [0.2, 0.25) is 5.91 Å². The summed E-state index contributed by atoms with van der Waals surface area (Å²) in [5, 5.41) is 4.00. The van der Waals surface area contributed by atoms with Gasteiger partial charge in [0.05, 0.1) is 11.6 Å². The number of nitrogens with two attached hydrogens (primary N) is 1. The first-order valence-electron chi connectivity index (χ1n) is 6.27. The van der Waals surface area contributed by atoms with Crippen LogP contribution in [0.1, 0.15) is 20.3 Å². The lowest BCUT2D eigenvalue weighted by molar-refractivity contribution is -0.117. The molecule has 0 spiro atoms. The standard InChI is InChI=1S/C14H19N3O.ClH/c1-3-7-17-8-6-11-4-5-12(9-13(11)17)16-14(18)10(2)15;/h4-6,8-10H,3,7,15H2,1-2H3,(H,16,18);1H/t10-;/m0./s1. The molecule has 1 atom stereocenters. The van der Waals surface area contributed by atoms with Crippen molar-refractivity contribution in [1.82, 2.24) is 4.57 Å². The molecule has 0 saturated heterocycles. The number of rotatable bonds is 4. The molecule has 3 N–H and O–H groups in total. The second-order valence-electron chi connectivity index (χ2n) is 4.56. The number of anilines is 1. The number of aryl methyl sites for hydroxylation is 1. The summed E-state index contributed by atoms with van der Waals surface area (Å²) in [6.45, 7) is 4.80. The van der Waals surface area contributed by atoms with E-state index in [4.69, 9.17) is 5.73 Å². The van der Waals surface area contributed by atoms with Crippen LogP contribution < -0.4 is 11.1 Å². The van der Waals surface area contributed by atoms with E-state index in [1.54, 1.807) is 6.92 Å². The number of aromatic nitrogens is 1. The van der Waals surface area contributed by atoms with Gasteiger partial charge in [-0.15, -0.1) is 12.4 Å². The van der Waals surface area contributed by atoms with Crippen LogP contribution in [0, 0.1) is 0 Å². The summed E-state index contributed by atoms with van der Waals surface area (Å²) in [7, 11) is 0. The summed E-state index contributed by atoms with van der Waals surface area (Å²) in [6.07, 6.45) is 3.16. The van der Waals surface area contributed by atoms with Crippen LogP contribution in [0.3, 0.4) is 0 Å². The Morgan fingerprint density at radius 3 is 2.79 bits per heavy atom. The Kier molecular flexibility index (Phi) is 5.39. The monoisotopic (exact) mass is 281 g/mol. The summed E-state index contributed by atoms with van der Waals surface area (Å²) >= 11 is 0. The van der Waals surface area contributed by atoms with Crippen LogP contribution in [0.25, 0.3) is 10.9 Å².